The second-order valence-corrected chi connectivity index (χ2v) is 5.48. The summed E-state index contributed by atoms with van der Waals surface area (Å²) >= 11 is 1.77. The number of hydrogen-bond donors (Lipinski definition) is 1. The SMILES string of the molecule is COc1ccc(-c2cccs2)c(CNC(C)C)c1. The van der Waals surface area contributed by atoms with Gasteiger partial charge in [-0.05, 0) is 40.8 Å². The maximum absolute atomic E-state index is 5.31. The highest BCUT2D eigenvalue weighted by molar-refractivity contribution is 7.13. The van der Waals surface area contributed by atoms with Gasteiger partial charge in [-0.3, -0.25) is 0 Å². The fraction of sp³-hybridized carbons (Fsp3) is 0.333. The van der Waals surface area contributed by atoms with Gasteiger partial charge in [0.1, 0.15) is 5.75 Å². The van der Waals surface area contributed by atoms with E-state index < -0.39 is 0 Å². The molecule has 0 aliphatic rings. The minimum atomic E-state index is 0.479. The number of nitrogens with one attached hydrogen (secondary N) is 1. The molecule has 0 saturated heterocycles. The first-order chi connectivity index (χ1) is 8.70. The first kappa shape index (κ1) is 13.1. The predicted molar refractivity (Wildman–Crippen MR) is 78.3 cm³/mol. The van der Waals surface area contributed by atoms with Gasteiger partial charge in [0, 0.05) is 17.5 Å². The normalized spacial score (nSPS) is 10.9. The van der Waals surface area contributed by atoms with Crippen LogP contribution in [0.2, 0.25) is 0 Å². The summed E-state index contributed by atoms with van der Waals surface area (Å²) in [5.74, 6) is 0.913. The molecule has 0 saturated carbocycles. The third-order valence-corrected chi connectivity index (χ3v) is 3.70. The summed E-state index contributed by atoms with van der Waals surface area (Å²) in [6, 6.07) is 11.0. The third-order valence-electron chi connectivity index (χ3n) is 2.80. The second kappa shape index (κ2) is 6.03. The van der Waals surface area contributed by atoms with Gasteiger partial charge in [-0.1, -0.05) is 19.9 Å². The van der Waals surface area contributed by atoms with Crippen LogP contribution in [0.15, 0.2) is 35.7 Å². The Labute approximate surface area is 113 Å². The molecule has 1 aromatic heterocycles. The molecule has 18 heavy (non-hydrogen) atoms. The second-order valence-electron chi connectivity index (χ2n) is 4.54. The quantitative estimate of drug-likeness (QED) is 0.880. The standard InChI is InChI=1S/C15H19NOS/c1-11(2)16-10-12-9-13(17-3)6-7-14(12)15-5-4-8-18-15/h4-9,11,16H,10H2,1-3H3. The van der Waals surface area contributed by atoms with Gasteiger partial charge in [-0.2, -0.15) is 0 Å². The maximum atomic E-state index is 5.31. The minimum absolute atomic E-state index is 0.479. The van der Waals surface area contributed by atoms with Crippen molar-refractivity contribution in [2.45, 2.75) is 26.4 Å². The Morgan fingerprint density at radius 3 is 2.72 bits per heavy atom. The largest absolute Gasteiger partial charge is 0.497 e. The smallest absolute Gasteiger partial charge is 0.119 e. The fourth-order valence-electron chi connectivity index (χ4n) is 1.83. The van der Waals surface area contributed by atoms with Crippen LogP contribution < -0.4 is 10.1 Å². The van der Waals surface area contributed by atoms with Crippen LogP contribution in [0.4, 0.5) is 0 Å². The van der Waals surface area contributed by atoms with E-state index in [1.54, 1.807) is 18.4 Å². The molecule has 0 atom stereocenters. The Kier molecular flexibility index (Phi) is 4.39. The van der Waals surface area contributed by atoms with E-state index in [9.17, 15) is 0 Å². The predicted octanol–water partition coefficient (Wildman–Crippen LogP) is 3.92. The van der Waals surface area contributed by atoms with Crippen molar-refractivity contribution < 1.29 is 4.74 Å². The molecule has 1 heterocycles. The van der Waals surface area contributed by atoms with E-state index in [0.717, 1.165) is 12.3 Å². The van der Waals surface area contributed by atoms with E-state index in [1.165, 1.54) is 16.0 Å². The molecule has 2 aromatic rings. The summed E-state index contributed by atoms with van der Waals surface area (Å²) in [7, 11) is 1.71. The zero-order valence-electron chi connectivity index (χ0n) is 11.1. The van der Waals surface area contributed by atoms with Crippen molar-refractivity contribution >= 4 is 11.3 Å². The van der Waals surface area contributed by atoms with Crippen LogP contribution in [0, 0.1) is 0 Å². The minimum Gasteiger partial charge on any atom is -0.497 e. The number of hydrogen-bond acceptors (Lipinski definition) is 3. The van der Waals surface area contributed by atoms with Crippen LogP contribution in [0.5, 0.6) is 5.75 Å². The Morgan fingerprint density at radius 2 is 2.11 bits per heavy atom. The number of ether oxygens (including phenoxy) is 1. The summed E-state index contributed by atoms with van der Waals surface area (Å²) in [4.78, 5) is 1.30. The molecule has 1 aromatic carbocycles. The van der Waals surface area contributed by atoms with Crippen LogP contribution in [-0.4, -0.2) is 13.2 Å². The van der Waals surface area contributed by atoms with Crippen molar-refractivity contribution in [1.82, 2.24) is 5.32 Å². The van der Waals surface area contributed by atoms with Crippen LogP contribution in [0.25, 0.3) is 10.4 Å². The summed E-state index contributed by atoms with van der Waals surface area (Å²) < 4.78 is 5.31. The van der Waals surface area contributed by atoms with E-state index in [-0.39, 0.29) is 0 Å². The lowest BCUT2D eigenvalue weighted by molar-refractivity contribution is 0.414. The zero-order valence-corrected chi connectivity index (χ0v) is 11.9. The Morgan fingerprint density at radius 1 is 1.28 bits per heavy atom. The fourth-order valence-corrected chi connectivity index (χ4v) is 2.62. The number of methoxy groups -OCH3 is 1. The summed E-state index contributed by atoms with van der Waals surface area (Å²) in [5.41, 5.74) is 2.57. The number of thiophene rings is 1. The number of rotatable bonds is 5. The lowest BCUT2D eigenvalue weighted by Crippen LogP contribution is -2.22. The summed E-state index contributed by atoms with van der Waals surface area (Å²) in [6.45, 7) is 5.18. The average Bonchev–Trinajstić information content (AvgIpc) is 2.89. The lowest BCUT2D eigenvalue weighted by Gasteiger charge is -2.13. The molecule has 0 fully saturated rings. The first-order valence-electron chi connectivity index (χ1n) is 6.15. The average molecular weight is 261 g/mol. The van der Waals surface area contributed by atoms with Gasteiger partial charge in [0.05, 0.1) is 7.11 Å². The highest BCUT2D eigenvalue weighted by atomic mass is 32.1. The molecule has 2 rings (SSSR count). The van der Waals surface area contributed by atoms with Crippen molar-refractivity contribution in [1.29, 1.82) is 0 Å². The highest BCUT2D eigenvalue weighted by Crippen LogP contribution is 2.30. The molecule has 0 amide bonds. The van der Waals surface area contributed by atoms with Gasteiger partial charge in [0.2, 0.25) is 0 Å². The zero-order chi connectivity index (χ0) is 13.0. The molecular formula is C15H19NOS. The topological polar surface area (TPSA) is 21.3 Å². The molecule has 0 aliphatic carbocycles. The van der Waals surface area contributed by atoms with Crippen molar-refractivity contribution in [2.24, 2.45) is 0 Å². The molecule has 96 valence electrons. The molecular weight excluding hydrogens is 242 g/mol. The van der Waals surface area contributed by atoms with Gasteiger partial charge in [-0.15, -0.1) is 11.3 Å². The highest BCUT2D eigenvalue weighted by Gasteiger charge is 2.08. The molecule has 0 radical (unpaired) electrons. The monoisotopic (exact) mass is 261 g/mol. The molecule has 0 bridgehead atoms. The Balaban J connectivity index is 2.32. The van der Waals surface area contributed by atoms with Crippen molar-refractivity contribution in [3.63, 3.8) is 0 Å². The van der Waals surface area contributed by atoms with Crippen molar-refractivity contribution in [3.05, 3.63) is 41.3 Å². The van der Waals surface area contributed by atoms with Crippen LogP contribution >= 0.6 is 11.3 Å². The lowest BCUT2D eigenvalue weighted by atomic mass is 10.1. The van der Waals surface area contributed by atoms with E-state index in [0.29, 0.717) is 6.04 Å². The van der Waals surface area contributed by atoms with Crippen molar-refractivity contribution in [2.75, 3.05) is 7.11 Å². The van der Waals surface area contributed by atoms with E-state index in [2.05, 4.69) is 48.8 Å². The third kappa shape index (κ3) is 3.12. The maximum Gasteiger partial charge on any atom is 0.119 e. The summed E-state index contributed by atoms with van der Waals surface area (Å²) in [5, 5.41) is 5.57. The molecule has 2 nitrogen and oxygen atoms in total. The number of benzene rings is 1. The van der Waals surface area contributed by atoms with Crippen LogP contribution in [0.1, 0.15) is 19.4 Å². The molecule has 3 heteroatoms. The van der Waals surface area contributed by atoms with E-state index in [4.69, 9.17) is 4.74 Å². The first-order valence-corrected chi connectivity index (χ1v) is 7.03. The van der Waals surface area contributed by atoms with E-state index >= 15 is 0 Å². The van der Waals surface area contributed by atoms with Crippen LogP contribution in [-0.2, 0) is 6.54 Å². The molecule has 0 unspecified atom stereocenters. The summed E-state index contributed by atoms with van der Waals surface area (Å²) in [6.07, 6.45) is 0. The van der Waals surface area contributed by atoms with E-state index in [1.807, 2.05) is 6.07 Å². The van der Waals surface area contributed by atoms with Crippen LogP contribution in [0.3, 0.4) is 0 Å². The van der Waals surface area contributed by atoms with Gasteiger partial charge >= 0.3 is 0 Å². The van der Waals surface area contributed by atoms with Gasteiger partial charge in [-0.25, -0.2) is 0 Å². The van der Waals surface area contributed by atoms with Crippen molar-refractivity contribution in [3.8, 4) is 16.2 Å². The molecule has 0 spiro atoms. The van der Waals surface area contributed by atoms with Gasteiger partial charge in [0.25, 0.3) is 0 Å². The van der Waals surface area contributed by atoms with Gasteiger partial charge in [0.15, 0.2) is 0 Å². The molecule has 1 N–H and O–H groups in total. The molecule has 0 aliphatic heterocycles. The Hall–Kier alpha value is -1.32. The van der Waals surface area contributed by atoms with Gasteiger partial charge < -0.3 is 10.1 Å². The Bertz CT molecular complexity index is 491.